The molecule has 2 unspecified atom stereocenters. The summed E-state index contributed by atoms with van der Waals surface area (Å²) < 4.78 is 0. The summed E-state index contributed by atoms with van der Waals surface area (Å²) in [6.07, 6.45) is 4.78. The zero-order valence-corrected chi connectivity index (χ0v) is 12.5. The Morgan fingerprint density at radius 3 is 2.89 bits per heavy atom. The smallest absolute Gasteiger partial charge is 0.224 e. The van der Waals surface area contributed by atoms with Gasteiger partial charge in [-0.2, -0.15) is 0 Å². The summed E-state index contributed by atoms with van der Waals surface area (Å²) in [7, 11) is 0. The van der Waals surface area contributed by atoms with Gasteiger partial charge in [0.05, 0.1) is 5.38 Å². The van der Waals surface area contributed by atoms with E-state index in [2.05, 4.69) is 25.2 Å². The molecule has 0 spiro atoms. The molecule has 1 aromatic rings. The Hall–Kier alpha value is -1.02. The number of carbonyl (C=O) groups is 1. The second kappa shape index (κ2) is 6.42. The van der Waals surface area contributed by atoms with Crippen molar-refractivity contribution in [1.29, 1.82) is 0 Å². The van der Waals surface area contributed by atoms with Crippen molar-refractivity contribution < 1.29 is 4.79 Å². The molecule has 0 saturated heterocycles. The van der Waals surface area contributed by atoms with Crippen LogP contribution in [-0.2, 0) is 11.2 Å². The quantitative estimate of drug-likeness (QED) is 0.797. The maximum absolute atomic E-state index is 11.5. The van der Waals surface area contributed by atoms with Gasteiger partial charge in [0.2, 0.25) is 5.91 Å². The summed E-state index contributed by atoms with van der Waals surface area (Å²) in [5, 5.41) is 3.02. The molecule has 0 fully saturated rings. The third-order valence-corrected chi connectivity index (χ3v) is 4.50. The number of anilines is 1. The minimum Gasteiger partial charge on any atom is -0.326 e. The largest absolute Gasteiger partial charge is 0.326 e. The number of aryl methyl sites for hydroxylation is 1. The van der Waals surface area contributed by atoms with Crippen LogP contribution in [0.1, 0.15) is 56.0 Å². The average molecular weight is 280 g/mol. The lowest BCUT2D eigenvalue weighted by molar-refractivity contribution is -0.116. The van der Waals surface area contributed by atoms with Gasteiger partial charge < -0.3 is 5.32 Å². The SMILES string of the molecule is CCCC(C)C(Cl)c1ccc2c(c1)CCCC(=O)N2. The lowest BCUT2D eigenvalue weighted by Gasteiger charge is -2.19. The highest BCUT2D eigenvalue weighted by atomic mass is 35.5. The molecular weight excluding hydrogens is 258 g/mol. The van der Waals surface area contributed by atoms with Crippen LogP contribution in [0.2, 0.25) is 0 Å². The fraction of sp³-hybridized carbons (Fsp3) is 0.562. The summed E-state index contributed by atoms with van der Waals surface area (Å²) in [4.78, 5) is 11.5. The van der Waals surface area contributed by atoms with Crippen LogP contribution in [0.3, 0.4) is 0 Å². The maximum atomic E-state index is 11.5. The van der Waals surface area contributed by atoms with Crippen LogP contribution in [0, 0.1) is 5.92 Å². The van der Waals surface area contributed by atoms with Gasteiger partial charge in [-0.25, -0.2) is 0 Å². The van der Waals surface area contributed by atoms with Crippen molar-refractivity contribution in [1.82, 2.24) is 0 Å². The highest BCUT2D eigenvalue weighted by molar-refractivity contribution is 6.21. The number of hydrogen-bond donors (Lipinski definition) is 1. The molecule has 1 aliphatic heterocycles. The minimum atomic E-state index is 0.0594. The topological polar surface area (TPSA) is 29.1 Å². The first-order chi connectivity index (χ1) is 9.11. The monoisotopic (exact) mass is 279 g/mol. The van der Waals surface area contributed by atoms with Crippen molar-refractivity contribution in [3.63, 3.8) is 0 Å². The van der Waals surface area contributed by atoms with Crippen molar-refractivity contribution in [3.8, 4) is 0 Å². The number of carbonyl (C=O) groups excluding carboxylic acids is 1. The molecule has 1 N–H and O–H groups in total. The minimum absolute atomic E-state index is 0.0594. The van der Waals surface area contributed by atoms with Crippen molar-refractivity contribution >= 4 is 23.2 Å². The van der Waals surface area contributed by atoms with Gasteiger partial charge in [0.1, 0.15) is 0 Å². The van der Waals surface area contributed by atoms with Crippen molar-refractivity contribution in [2.75, 3.05) is 5.32 Å². The Kier molecular flexibility index (Phi) is 4.87. The molecule has 3 heteroatoms. The second-order valence-electron chi connectivity index (χ2n) is 5.49. The highest BCUT2D eigenvalue weighted by Gasteiger charge is 2.19. The van der Waals surface area contributed by atoms with Crippen LogP contribution in [0.5, 0.6) is 0 Å². The molecule has 0 aromatic heterocycles. The first-order valence-electron chi connectivity index (χ1n) is 7.18. The standard InChI is InChI=1S/C16H22ClNO/c1-3-5-11(2)16(17)13-8-9-14-12(10-13)6-4-7-15(19)18-14/h8-11,16H,3-7H2,1-2H3,(H,18,19). The molecule has 0 bridgehead atoms. The van der Waals surface area contributed by atoms with Gasteiger partial charge in [0.15, 0.2) is 0 Å². The summed E-state index contributed by atoms with van der Waals surface area (Å²) in [6.45, 7) is 4.39. The Bertz CT molecular complexity index is 458. The molecule has 1 aliphatic rings. The molecule has 2 atom stereocenters. The van der Waals surface area contributed by atoms with Crippen molar-refractivity contribution in [3.05, 3.63) is 29.3 Å². The van der Waals surface area contributed by atoms with Crippen LogP contribution >= 0.6 is 11.6 Å². The molecule has 1 heterocycles. The predicted molar refractivity (Wildman–Crippen MR) is 80.7 cm³/mol. The van der Waals surface area contributed by atoms with E-state index in [1.54, 1.807) is 0 Å². The summed E-state index contributed by atoms with van der Waals surface area (Å²) in [5.74, 6) is 0.596. The first kappa shape index (κ1) is 14.4. The van der Waals surface area contributed by atoms with E-state index < -0.39 is 0 Å². The number of halogens is 1. The lowest BCUT2D eigenvalue weighted by atomic mass is 9.94. The van der Waals surface area contributed by atoms with E-state index in [-0.39, 0.29) is 11.3 Å². The molecule has 19 heavy (non-hydrogen) atoms. The van der Waals surface area contributed by atoms with E-state index in [0.717, 1.165) is 31.4 Å². The van der Waals surface area contributed by atoms with Gasteiger partial charge in [-0.05, 0) is 42.4 Å². The average Bonchev–Trinajstić information content (AvgIpc) is 2.58. The molecule has 1 amide bonds. The van der Waals surface area contributed by atoms with Gasteiger partial charge >= 0.3 is 0 Å². The van der Waals surface area contributed by atoms with E-state index in [1.165, 1.54) is 11.1 Å². The maximum Gasteiger partial charge on any atom is 0.224 e. The number of alkyl halides is 1. The molecule has 2 nitrogen and oxygen atoms in total. The van der Waals surface area contributed by atoms with Gasteiger partial charge in [-0.15, -0.1) is 11.6 Å². The Balaban J connectivity index is 2.20. The van der Waals surface area contributed by atoms with E-state index in [9.17, 15) is 4.79 Å². The molecule has 2 rings (SSSR count). The van der Waals surface area contributed by atoms with Gasteiger partial charge in [-0.3, -0.25) is 4.79 Å². The van der Waals surface area contributed by atoms with Gasteiger partial charge in [0.25, 0.3) is 0 Å². The molecule has 0 radical (unpaired) electrons. The number of hydrogen-bond acceptors (Lipinski definition) is 1. The van der Waals surface area contributed by atoms with Crippen molar-refractivity contribution in [2.45, 2.75) is 51.3 Å². The molecular formula is C16H22ClNO. The molecule has 104 valence electrons. The zero-order chi connectivity index (χ0) is 13.8. The third kappa shape index (κ3) is 3.50. The van der Waals surface area contributed by atoms with E-state index in [1.807, 2.05) is 12.1 Å². The fourth-order valence-corrected chi connectivity index (χ4v) is 2.96. The van der Waals surface area contributed by atoms with Crippen LogP contribution in [0.15, 0.2) is 18.2 Å². The summed E-state index contributed by atoms with van der Waals surface area (Å²) in [5.41, 5.74) is 3.36. The van der Waals surface area contributed by atoms with Crippen LogP contribution in [0.25, 0.3) is 0 Å². The molecule has 0 aliphatic carbocycles. The van der Waals surface area contributed by atoms with E-state index in [4.69, 9.17) is 11.6 Å². The fourth-order valence-electron chi connectivity index (χ4n) is 2.70. The number of rotatable bonds is 4. The van der Waals surface area contributed by atoms with Gasteiger partial charge in [-0.1, -0.05) is 32.4 Å². The number of fused-ring (bicyclic) bond motifs is 1. The summed E-state index contributed by atoms with van der Waals surface area (Å²) >= 11 is 6.56. The summed E-state index contributed by atoms with van der Waals surface area (Å²) in [6, 6.07) is 6.22. The predicted octanol–water partition coefficient (Wildman–Crippen LogP) is 4.68. The van der Waals surface area contributed by atoms with Crippen LogP contribution in [0.4, 0.5) is 5.69 Å². The Morgan fingerprint density at radius 1 is 1.37 bits per heavy atom. The number of benzene rings is 1. The van der Waals surface area contributed by atoms with Crippen LogP contribution in [-0.4, -0.2) is 5.91 Å². The number of amides is 1. The van der Waals surface area contributed by atoms with E-state index >= 15 is 0 Å². The Morgan fingerprint density at radius 2 is 2.16 bits per heavy atom. The second-order valence-corrected chi connectivity index (χ2v) is 5.96. The first-order valence-corrected chi connectivity index (χ1v) is 7.62. The zero-order valence-electron chi connectivity index (χ0n) is 11.7. The normalized spacial score (nSPS) is 18.2. The van der Waals surface area contributed by atoms with E-state index in [0.29, 0.717) is 12.3 Å². The van der Waals surface area contributed by atoms with Gasteiger partial charge in [0, 0.05) is 12.1 Å². The van der Waals surface area contributed by atoms with Crippen LogP contribution < -0.4 is 5.32 Å². The Labute approximate surface area is 120 Å². The number of nitrogens with one attached hydrogen (secondary N) is 1. The molecule has 0 saturated carbocycles. The molecule has 1 aromatic carbocycles. The lowest BCUT2D eigenvalue weighted by Crippen LogP contribution is -2.09. The third-order valence-electron chi connectivity index (χ3n) is 3.82. The van der Waals surface area contributed by atoms with Crippen molar-refractivity contribution in [2.24, 2.45) is 5.92 Å². The highest BCUT2D eigenvalue weighted by Crippen LogP contribution is 2.34.